The van der Waals surface area contributed by atoms with E-state index in [2.05, 4.69) is 41.3 Å². The number of methoxy groups -OCH3 is 1. The largest absolute Gasteiger partial charge is 0.497 e. The number of benzene rings is 3. The maximum absolute atomic E-state index is 13.7. The predicted molar refractivity (Wildman–Crippen MR) is 132 cm³/mol. The number of likely N-dealkylation sites (tertiary alicyclic amines) is 1. The number of nitrogens with zero attached hydrogens (tertiary/aromatic N) is 2. The lowest BCUT2D eigenvalue weighted by Gasteiger charge is -2.38. The maximum Gasteiger partial charge on any atom is 0.243 e. The van der Waals surface area contributed by atoms with Gasteiger partial charge in [-0.15, -0.1) is 0 Å². The molecule has 174 valence electrons. The molecule has 0 radical (unpaired) electrons. The summed E-state index contributed by atoms with van der Waals surface area (Å²) in [5, 5.41) is 0. The molecule has 3 aromatic rings. The fraction of sp³-hybridized carbons (Fsp3) is 0.333. The molecular weight excluding hydrogens is 432 g/mol. The average Bonchev–Trinajstić information content (AvgIpc) is 2.86. The average molecular weight is 465 g/mol. The van der Waals surface area contributed by atoms with Crippen LogP contribution < -0.4 is 4.74 Å². The molecule has 1 aliphatic rings. The van der Waals surface area contributed by atoms with Gasteiger partial charge in [-0.25, -0.2) is 8.42 Å². The van der Waals surface area contributed by atoms with Gasteiger partial charge >= 0.3 is 0 Å². The van der Waals surface area contributed by atoms with Gasteiger partial charge in [0.05, 0.1) is 12.0 Å². The van der Waals surface area contributed by atoms with Crippen molar-refractivity contribution in [2.24, 2.45) is 0 Å². The highest BCUT2D eigenvalue weighted by Crippen LogP contribution is 2.27. The SMILES string of the molecule is COc1ccc(S(=O)(=O)N(CCc2ccccc2)C2CCN(Cc3ccccc3)CC2)cc1. The van der Waals surface area contributed by atoms with Gasteiger partial charge in [0.2, 0.25) is 10.0 Å². The minimum absolute atomic E-state index is 0.00663. The van der Waals surface area contributed by atoms with Crippen molar-refractivity contribution in [2.45, 2.75) is 36.7 Å². The van der Waals surface area contributed by atoms with E-state index in [1.54, 1.807) is 35.7 Å². The molecule has 0 spiro atoms. The monoisotopic (exact) mass is 464 g/mol. The second kappa shape index (κ2) is 11.0. The van der Waals surface area contributed by atoms with E-state index in [1.165, 1.54) is 5.56 Å². The van der Waals surface area contributed by atoms with Crippen LogP contribution in [0.4, 0.5) is 0 Å². The zero-order chi connectivity index (χ0) is 23.1. The molecule has 3 aromatic carbocycles. The van der Waals surface area contributed by atoms with Gasteiger partial charge in [-0.05, 0) is 54.7 Å². The summed E-state index contributed by atoms with van der Waals surface area (Å²) in [7, 11) is -2.03. The highest BCUT2D eigenvalue weighted by Gasteiger charge is 2.33. The van der Waals surface area contributed by atoms with Crippen LogP contribution in [0.3, 0.4) is 0 Å². The molecule has 0 bridgehead atoms. The van der Waals surface area contributed by atoms with E-state index in [4.69, 9.17) is 4.74 Å². The van der Waals surface area contributed by atoms with Gasteiger partial charge in [-0.3, -0.25) is 4.90 Å². The fourth-order valence-electron chi connectivity index (χ4n) is 4.47. The van der Waals surface area contributed by atoms with E-state index in [0.29, 0.717) is 23.6 Å². The summed E-state index contributed by atoms with van der Waals surface area (Å²) < 4.78 is 34.3. The van der Waals surface area contributed by atoms with E-state index in [9.17, 15) is 8.42 Å². The van der Waals surface area contributed by atoms with Crippen molar-refractivity contribution < 1.29 is 13.2 Å². The first-order valence-corrected chi connectivity index (χ1v) is 13.0. The molecule has 1 heterocycles. The standard InChI is InChI=1S/C27H32N2O3S/c1-32-26-12-14-27(15-13-26)33(30,31)29(21-16-23-8-4-2-5-9-23)25-17-19-28(20-18-25)22-24-10-6-3-7-11-24/h2-15,25H,16-22H2,1H3. The van der Waals surface area contributed by atoms with Crippen molar-refractivity contribution in [1.82, 2.24) is 9.21 Å². The van der Waals surface area contributed by atoms with Gasteiger partial charge in [0, 0.05) is 32.2 Å². The number of hydrogen-bond acceptors (Lipinski definition) is 4. The van der Waals surface area contributed by atoms with E-state index < -0.39 is 10.0 Å². The third-order valence-electron chi connectivity index (χ3n) is 6.34. The van der Waals surface area contributed by atoms with Gasteiger partial charge in [0.1, 0.15) is 5.75 Å². The van der Waals surface area contributed by atoms with Crippen LogP contribution in [0.5, 0.6) is 5.75 Å². The molecule has 0 aliphatic carbocycles. The topological polar surface area (TPSA) is 49.9 Å². The number of hydrogen-bond donors (Lipinski definition) is 0. The van der Waals surface area contributed by atoms with E-state index in [0.717, 1.165) is 38.0 Å². The number of piperidine rings is 1. The lowest BCUT2D eigenvalue weighted by Crippen LogP contribution is -2.47. The van der Waals surface area contributed by atoms with Crippen molar-refractivity contribution in [2.75, 3.05) is 26.7 Å². The Balaban J connectivity index is 1.50. The molecule has 1 aliphatic heterocycles. The summed E-state index contributed by atoms with van der Waals surface area (Å²) in [6, 6.07) is 27.3. The van der Waals surface area contributed by atoms with Crippen LogP contribution in [0.1, 0.15) is 24.0 Å². The van der Waals surface area contributed by atoms with Crippen molar-refractivity contribution in [3.05, 3.63) is 96.1 Å². The van der Waals surface area contributed by atoms with Crippen LogP contribution in [-0.2, 0) is 23.0 Å². The molecule has 33 heavy (non-hydrogen) atoms. The molecule has 1 saturated heterocycles. The Bertz CT molecular complexity index is 1100. The van der Waals surface area contributed by atoms with Crippen molar-refractivity contribution in [3.63, 3.8) is 0 Å². The Morgan fingerprint density at radius 2 is 1.42 bits per heavy atom. The molecule has 6 heteroatoms. The van der Waals surface area contributed by atoms with Crippen molar-refractivity contribution in [3.8, 4) is 5.75 Å². The quantitative estimate of drug-likeness (QED) is 0.465. The summed E-state index contributed by atoms with van der Waals surface area (Å²) in [6.07, 6.45) is 2.36. The summed E-state index contributed by atoms with van der Waals surface area (Å²) >= 11 is 0. The second-order valence-corrected chi connectivity index (χ2v) is 10.4. The Hall–Kier alpha value is -2.67. The van der Waals surface area contributed by atoms with Crippen molar-refractivity contribution in [1.29, 1.82) is 0 Å². The molecule has 0 unspecified atom stereocenters. The third kappa shape index (κ3) is 6.02. The zero-order valence-corrected chi connectivity index (χ0v) is 20.0. The van der Waals surface area contributed by atoms with Crippen LogP contribution in [0.25, 0.3) is 0 Å². The highest BCUT2D eigenvalue weighted by atomic mass is 32.2. The Morgan fingerprint density at radius 3 is 2.00 bits per heavy atom. The molecule has 0 aromatic heterocycles. The molecule has 4 rings (SSSR count). The van der Waals surface area contributed by atoms with Gasteiger partial charge in [0.15, 0.2) is 0 Å². The molecule has 0 N–H and O–H groups in total. The van der Waals surface area contributed by atoms with Gasteiger partial charge < -0.3 is 4.74 Å². The third-order valence-corrected chi connectivity index (χ3v) is 8.31. The summed E-state index contributed by atoms with van der Waals surface area (Å²) in [4.78, 5) is 2.74. The minimum Gasteiger partial charge on any atom is -0.497 e. The van der Waals surface area contributed by atoms with Crippen molar-refractivity contribution >= 4 is 10.0 Å². The zero-order valence-electron chi connectivity index (χ0n) is 19.1. The first-order valence-electron chi connectivity index (χ1n) is 11.5. The highest BCUT2D eigenvalue weighted by molar-refractivity contribution is 7.89. The predicted octanol–water partition coefficient (Wildman–Crippen LogP) is 4.59. The Morgan fingerprint density at radius 1 is 0.848 bits per heavy atom. The summed E-state index contributed by atoms with van der Waals surface area (Å²) in [6.45, 7) is 3.16. The summed E-state index contributed by atoms with van der Waals surface area (Å²) in [5.41, 5.74) is 2.44. The smallest absolute Gasteiger partial charge is 0.243 e. The van der Waals surface area contributed by atoms with E-state index in [-0.39, 0.29) is 6.04 Å². The van der Waals surface area contributed by atoms with Gasteiger partial charge in [-0.2, -0.15) is 4.31 Å². The Kier molecular flexibility index (Phi) is 7.81. The van der Waals surface area contributed by atoms with Gasteiger partial charge in [0.25, 0.3) is 0 Å². The van der Waals surface area contributed by atoms with Crippen LogP contribution >= 0.6 is 0 Å². The molecule has 0 saturated carbocycles. The molecule has 0 amide bonds. The fourth-order valence-corrected chi connectivity index (χ4v) is 6.16. The normalized spacial score (nSPS) is 15.6. The van der Waals surface area contributed by atoms with Crippen LogP contribution in [0, 0.1) is 0 Å². The van der Waals surface area contributed by atoms with Crippen LogP contribution in [-0.4, -0.2) is 50.4 Å². The Labute approximate surface area is 197 Å². The van der Waals surface area contributed by atoms with E-state index in [1.807, 2.05) is 24.3 Å². The number of ether oxygens (including phenoxy) is 1. The first-order chi connectivity index (χ1) is 16.1. The lowest BCUT2D eigenvalue weighted by molar-refractivity contribution is 0.154. The maximum atomic E-state index is 13.7. The molecule has 5 nitrogen and oxygen atoms in total. The van der Waals surface area contributed by atoms with Crippen LogP contribution in [0.15, 0.2) is 89.8 Å². The van der Waals surface area contributed by atoms with Gasteiger partial charge in [-0.1, -0.05) is 60.7 Å². The summed E-state index contributed by atoms with van der Waals surface area (Å²) in [5.74, 6) is 0.652. The van der Waals surface area contributed by atoms with E-state index >= 15 is 0 Å². The second-order valence-electron chi connectivity index (χ2n) is 8.52. The minimum atomic E-state index is -3.61. The molecule has 1 fully saturated rings. The molecular formula is C27H32N2O3S. The van der Waals surface area contributed by atoms with Crippen LogP contribution in [0.2, 0.25) is 0 Å². The number of sulfonamides is 1. The first kappa shape index (κ1) is 23.5. The molecule has 0 atom stereocenters. The lowest BCUT2D eigenvalue weighted by atomic mass is 10.0. The number of rotatable bonds is 9.